The van der Waals surface area contributed by atoms with E-state index in [1.165, 1.54) is 12.1 Å². The van der Waals surface area contributed by atoms with Crippen molar-refractivity contribution >= 4 is 10.0 Å². The molecule has 1 aromatic heterocycles. The van der Waals surface area contributed by atoms with Crippen LogP contribution in [0.4, 0.5) is 4.39 Å². The molecule has 102 valence electrons. The number of sulfonamides is 1. The lowest BCUT2D eigenvalue weighted by Gasteiger charge is -2.12. The van der Waals surface area contributed by atoms with E-state index in [0.717, 1.165) is 12.1 Å². The second-order valence-corrected chi connectivity index (χ2v) is 5.96. The first kappa shape index (κ1) is 13.8. The van der Waals surface area contributed by atoms with Crippen LogP contribution in [0.5, 0.6) is 0 Å². The van der Waals surface area contributed by atoms with Crippen molar-refractivity contribution in [3.05, 3.63) is 53.7 Å². The van der Waals surface area contributed by atoms with Gasteiger partial charge in [-0.05, 0) is 50.2 Å². The predicted molar refractivity (Wildman–Crippen MR) is 68.6 cm³/mol. The first-order valence-corrected chi connectivity index (χ1v) is 7.21. The number of hydrogen-bond acceptors (Lipinski definition) is 3. The van der Waals surface area contributed by atoms with Crippen molar-refractivity contribution in [2.24, 2.45) is 0 Å². The molecule has 1 aromatic carbocycles. The highest BCUT2D eigenvalue weighted by Gasteiger charge is 2.20. The molecule has 0 amide bonds. The Labute approximate surface area is 111 Å². The Bertz CT molecular complexity index is 661. The van der Waals surface area contributed by atoms with Gasteiger partial charge in [0.25, 0.3) is 0 Å². The van der Waals surface area contributed by atoms with Gasteiger partial charge in [-0.2, -0.15) is 0 Å². The van der Waals surface area contributed by atoms with E-state index in [1.54, 1.807) is 26.0 Å². The molecule has 0 saturated carbocycles. The minimum absolute atomic E-state index is 0.0176. The average Bonchev–Trinajstić information content (AvgIpc) is 2.76. The summed E-state index contributed by atoms with van der Waals surface area (Å²) in [7, 11) is -3.69. The van der Waals surface area contributed by atoms with Crippen molar-refractivity contribution in [3.63, 3.8) is 0 Å². The van der Waals surface area contributed by atoms with Gasteiger partial charge in [0.05, 0.1) is 10.9 Å². The van der Waals surface area contributed by atoms with E-state index in [-0.39, 0.29) is 4.90 Å². The molecular formula is C13H14FNO3S. The van der Waals surface area contributed by atoms with E-state index >= 15 is 0 Å². The van der Waals surface area contributed by atoms with Crippen molar-refractivity contribution in [2.75, 3.05) is 0 Å². The van der Waals surface area contributed by atoms with Crippen LogP contribution in [0, 0.1) is 12.7 Å². The second kappa shape index (κ2) is 5.14. The number of hydrogen-bond donors (Lipinski definition) is 1. The lowest BCUT2D eigenvalue weighted by molar-refractivity contribution is 0.441. The van der Waals surface area contributed by atoms with Crippen LogP contribution in [0.1, 0.15) is 24.5 Å². The summed E-state index contributed by atoms with van der Waals surface area (Å²) in [4.78, 5) is 0.0176. The van der Waals surface area contributed by atoms with Crippen LogP contribution in [0.15, 0.2) is 45.7 Å². The lowest BCUT2D eigenvalue weighted by atomic mass is 10.3. The van der Waals surface area contributed by atoms with Gasteiger partial charge in [0.1, 0.15) is 17.3 Å². The molecule has 0 fully saturated rings. The fourth-order valence-corrected chi connectivity index (χ4v) is 2.87. The van der Waals surface area contributed by atoms with Gasteiger partial charge < -0.3 is 4.42 Å². The molecule has 2 aromatic rings. The van der Waals surface area contributed by atoms with Gasteiger partial charge in [-0.1, -0.05) is 0 Å². The van der Waals surface area contributed by atoms with E-state index in [1.807, 2.05) is 0 Å². The average molecular weight is 283 g/mol. The first-order valence-electron chi connectivity index (χ1n) is 5.73. The molecule has 1 unspecified atom stereocenters. The maximum absolute atomic E-state index is 12.8. The van der Waals surface area contributed by atoms with Gasteiger partial charge in [-0.25, -0.2) is 17.5 Å². The molecule has 1 atom stereocenters. The number of rotatable bonds is 4. The third-order valence-electron chi connectivity index (χ3n) is 2.64. The van der Waals surface area contributed by atoms with E-state index in [4.69, 9.17) is 4.42 Å². The zero-order valence-electron chi connectivity index (χ0n) is 10.6. The van der Waals surface area contributed by atoms with Crippen LogP contribution >= 0.6 is 0 Å². The van der Waals surface area contributed by atoms with Crippen molar-refractivity contribution in [1.29, 1.82) is 0 Å². The summed E-state index contributed by atoms with van der Waals surface area (Å²) < 4.78 is 44.7. The van der Waals surface area contributed by atoms with Crippen molar-refractivity contribution < 1.29 is 17.2 Å². The minimum Gasteiger partial charge on any atom is -0.465 e. The number of halogens is 1. The molecule has 0 aliphatic rings. The summed E-state index contributed by atoms with van der Waals surface area (Å²) in [5, 5.41) is 0. The predicted octanol–water partition coefficient (Wildman–Crippen LogP) is 2.77. The van der Waals surface area contributed by atoms with E-state index in [9.17, 15) is 12.8 Å². The molecule has 0 radical (unpaired) electrons. The molecule has 4 nitrogen and oxygen atoms in total. The van der Waals surface area contributed by atoms with Crippen LogP contribution in [-0.4, -0.2) is 8.42 Å². The topological polar surface area (TPSA) is 59.3 Å². The fraction of sp³-hybridized carbons (Fsp3) is 0.231. The van der Waals surface area contributed by atoms with Crippen molar-refractivity contribution in [1.82, 2.24) is 4.72 Å². The standard InChI is InChI=1S/C13H14FNO3S/c1-9-3-8-13(18-9)10(2)15-19(16,17)12-6-4-11(14)5-7-12/h3-8,10,15H,1-2H3. The molecule has 0 aliphatic heterocycles. The normalized spacial score (nSPS) is 13.4. The second-order valence-electron chi connectivity index (χ2n) is 4.25. The highest BCUT2D eigenvalue weighted by atomic mass is 32.2. The molecule has 0 bridgehead atoms. The van der Waals surface area contributed by atoms with E-state index in [0.29, 0.717) is 11.5 Å². The highest BCUT2D eigenvalue weighted by molar-refractivity contribution is 7.89. The summed E-state index contributed by atoms with van der Waals surface area (Å²) in [5.41, 5.74) is 0. The van der Waals surface area contributed by atoms with Gasteiger partial charge in [0.15, 0.2) is 0 Å². The maximum atomic E-state index is 12.8. The zero-order chi connectivity index (χ0) is 14.0. The summed E-state index contributed by atoms with van der Waals surface area (Å²) in [6.45, 7) is 3.46. The molecule has 6 heteroatoms. The number of benzene rings is 1. The number of furan rings is 1. The van der Waals surface area contributed by atoms with Crippen LogP contribution in [0.25, 0.3) is 0 Å². The van der Waals surface area contributed by atoms with Gasteiger partial charge in [0, 0.05) is 0 Å². The quantitative estimate of drug-likeness (QED) is 0.938. The number of nitrogens with one attached hydrogen (secondary N) is 1. The molecule has 0 spiro atoms. The van der Waals surface area contributed by atoms with E-state index in [2.05, 4.69) is 4.72 Å². The highest BCUT2D eigenvalue weighted by Crippen LogP contribution is 2.19. The van der Waals surface area contributed by atoms with Crippen LogP contribution < -0.4 is 4.72 Å². The summed E-state index contributed by atoms with van der Waals surface area (Å²) in [6, 6.07) is 7.64. The van der Waals surface area contributed by atoms with Crippen LogP contribution in [0.3, 0.4) is 0 Å². The molecular weight excluding hydrogens is 269 g/mol. The zero-order valence-corrected chi connectivity index (χ0v) is 11.4. The SMILES string of the molecule is Cc1ccc(C(C)NS(=O)(=O)c2ccc(F)cc2)o1. The minimum atomic E-state index is -3.69. The molecule has 0 aliphatic carbocycles. The summed E-state index contributed by atoms with van der Waals surface area (Å²) in [5.74, 6) is 0.764. The third kappa shape index (κ3) is 3.21. The van der Waals surface area contributed by atoms with Crippen molar-refractivity contribution in [3.8, 4) is 0 Å². The lowest BCUT2D eigenvalue weighted by Crippen LogP contribution is -2.26. The monoisotopic (exact) mass is 283 g/mol. The van der Waals surface area contributed by atoms with Crippen LogP contribution in [0.2, 0.25) is 0 Å². The Morgan fingerprint density at radius 3 is 2.32 bits per heavy atom. The summed E-state index contributed by atoms with van der Waals surface area (Å²) >= 11 is 0. The molecule has 1 heterocycles. The Balaban J connectivity index is 2.19. The number of aryl methyl sites for hydroxylation is 1. The molecule has 2 rings (SSSR count). The fourth-order valence-electron chi connectivity index (χ4n) is 1.66. The molecule has 1 N–H and O–H groups in total. The first-order chi connectivity index (χ1) is 8.88. The summed E-state index contributed by atoms with van der Waals surface area (Å²) in [6.07, 6.45) is 0. The Morgan fingerprint density at radius 1 is 1.16 bits per heavy atom. The smallest absolute Gasteiger partial charge is 0.241 e. The van der Waals surface area contributed by atoms with Gasteiger partial charge >= 0.3 is 0 Å². The van der Waals surface area contributed by atoms with E-state index < -0.39 is 21.9 Å². The van der Waals surface area contributed by atoms with Crippen molar-refractivity contribution in [2.45, 2.75) is 24.8 Å². The largest absolute Gasteiger partial charge is 0.465 e. The third-order valence-corrected chi connectivity index (χ3v) is 4.20. The Kier molecular flexibility index (Phi) is 3.73. The van der Waals surface area contributed by atoms with Gasteiger partial charge in [0.2, 0.25) is 10.0 Å². The molecule has 0 saturated heterocycles. The maximum Gasteiger partial charge on any atom is 0.241 e. The van der Waals surface area contributed by atoms with Crippen LogP contribution in [-0.2, 0) is 10.0 Å². The van der Waals surface area contributed by atoms with Gasteiger partial charge in [-0.3, -0.25) is 0 Å². The Morgan fingerprint density at radius 2 is 1.79 bits per heavy atom. The Hall–Kier alpha value is -1.66. The molecule has 19 heavy (non-hydrogen) atoms. The van der Waals surface area contributed by atoms with Gasteiger partial charge in [-0.15, -0.1) is 0 Å².